The first kappa shape index (κ1) is 15.7. The monoisotopic (exact) mass is 281 g/mol. The smallest absolute Gasteiger partial charge is 0.353 e. The fourth-order valence-electron chi connectivity index (χ4n) is 1.98. The Balaban J connectivity index is 2.23. The zero-order valence-electron chi connectivity index (χ0n) is 10.7. The number of likely N-dealkylation sites (tertiary alicyclic amines) is 1. The molecule has 2 amide bonds. The third-order valence-electron chi connectivity index (χ3n) is 2.86. The van der Waals surface area contributed by atoms with E-state index in [1.54, 1.807) is 0 Å². The Labute approximate surface area is 109 Å². The molecule has 0 aromatic heterocycles. The lowest BCUT2D eigenvalue weighted by Crippen LogP contribution is -2.48. The summed E-state index contributed by atoms with van der Waals surface area (Å²) in [4.78, 5) is 24.0. The maximum atomic E-state index is 11.9. The Hall–Kier alpha value is -1.31. The number of amides is 2. The fourth-order valence-corrected chi connectivity index (χ4v) is 1.98. The molecule has 0 atom stereocenters. The average Bonchev–Trinajstić information content (AvgIpc) is 2.27. The summed E-state index contributed by atoms with van der Waals surface area (Å²) in [6, 6.07) is 0.0460. The van der Waals surface area contributed by atoms with E-state index >= 15 is 0 Å². The van der Waals surface area contributed by atoms with Crippen LogP contribution in [0.5, 0.6) is 0 Å². The number of nitrogens with zero attached hydrogens (tertiary/aromatic N) is 1. The third-order valence-corrected chi connectivity index (χ3v) is 2.86. The van der Waals surface area contributed by atoms with Crippen LogP contribution in [-0.2, 0) is 9.59 Å². The third kappa shape index (κ3) is 6.42. The van der Waals surface area contributed by atoms with Crippen LogP contribution in [0, 0.1) is 0 Å². The van der Waals surface area contributed by atoms with E-state index in [0.29, 0.717) is 25.9 Å². The number of halogens is 3. The highest BCUT2D eigenvalue weighted by molar-refractivity contribution is 5.78. The highest BCUT2D eigenvalue weighted by Gasteiger charge is 2.28. The van der Waals surface area contributed by atoms with Gasteiger partial charge in [-0.15, -0.1) is 0 Å². The van der Waals surface area contributed by atoms with E-state index in [0.717, 1.165) is 0 Å². The van der Waals surface area contributed by atoms with Crippen LogP contribution in [0.2, 0.25) is 0 Å². The van der Waals surface area contributed by atoms with Crippen molar-refractivity contribution in [3.8, 4) is 0 Å². The number of carbonyl (C=O) groups excluding carboxylic acids is 2. The Morgan fingerprint density at radius 2 is 1.84 bits per heavy atom. The van der Waals surface area contributed by atoms with Gasteiger partial charge in [-0.3, -0.25) is 9.59 Å². The van der Waals surface area contributed by atoms with Crippen LogP contribution >= 0.6 is 0 Å². The Bertz CT molecular complexity index is 326. The summed E-state index contributed by atoms with van der Waals surface area (Å²) in [5.74, 6) is -0.456. The van der Waals surface area contributed by atoms with Crippen molar-refractivity contribution >= 4 is 11.8 Å². The number of alkyl halides is 3. The van der Waals surface area contributed by atoms with Crippen LogP contribution in [0.25, 0.3) is 0 Å². The Morgan fingerprint density at radius 1 is 1.26 bits per heavy atom. The summed E-state index contributed by atoms with van der Waals surface area (Å²) in [6.45, 7) is 0.860. The number of piperidine rings is 1. The van der Waals surface area contributed by atoms with E-state index in [-0.39, 0.29) is 24.4 Å². The largest absolute Gasteiger partial charge is 0.401 e. The molecular weight excluding hydrogens is 263 g/mol. The second-order valence-corrected chi connectivity index (χ2v) is 4.57. The second kappa shape index (κ2) is 6.74. The molecule has 1 aliphatic heterocycles. The average molecular weight is 281 g/mol. The van der Waals surface area contributed by atoms with Gasteiger partial charge in [0.1, 0.15) is 0 Å². The molecule has 1 rings (SSSR count). The highest BCUT2D eigenvalue weighted by Crippen LogP contribution is 2.13. The number of carbonyl (C=O) groups is 2. The number of rotatable bonds is 4. The SMILES string of the molecule is CC(=O)NC1CCN(C(=O)CNCC(F)(F)F)CC1. The van der Waals surface area contributed by atoms with Crippen LogP contribution in [-0.4, -0.2) is 55.1 Å². The molecule has 19 heavy (non-hydrogen) atoms. The van der Waals surface area contributed by atoms with Gasteiger partial charge in [0, 0.05) is 26.1 Å². The molecule has 8 heteroatoms. The number of hydrogen-bond acceptors (Lipinski definition) is 3. The zero-order valence-corrected chi connectivity index (χ0v) is 10.7. The van der Waals surface area contributed by atoms with Gasteiger partial charge in [-0.25, -0.2) is 0 Å². The zero-order chi connectivity index (χ0) is 14.5. The van der Waals surface area contributed by atoms with Gasteiger partial charge < -0.3 is 15.5 Å². The van der Waals surface area contributed by atoms with E-state index in [1.807, 2.05) is 0 Å². The minimum Gasteiger partial charge on any atom is -0.353 e. The standard InChI is InChI=1S/C11H18F3N3O2/c1-8(18)16-9-2-4-17(5-3-9)10(19)6-15-7-11(12,13)14/h9,15H,2-7H2,1H3,(H,16,18). The molecular formula is C11H18F3N3O2. The summed E-state index contributed by atoms with van der Waals surface area (Å²) in [5.41, 5.74) is 0. The topological polar surface area (TPSA) is 61.4 Å². The van der Waals surface area contributed by atoms with E-state index in [1.165, 1.54) is 11.8 Å². The molecule has 0 radical (unpaired) electrons. The molecule has 0 spiro atoms. The Morgan fingerprint density at radius 3 is 2.32 bits per heavy atom. The van der Waals surface area contributed by atoms with Crippen molar-refractivity contribution in [3.63, 3.8) is 0 Å². The van der Waals surface area contributed by atoms with Gasteiger partial charge in [-0.05, 0) is 12.8 Å². The van der Waals surface area contributed by atoms with Crippen molar-refractivity contribution in [1.82, 2.24) is 15.5 Å². The Kier molecular flexibility index (Phi) is 5.59. The van der Waals surface area contributed by atoms with Crippen molar-refractivity contribution in [2.75, 3.05) is 26.2 Å². The van der Waals surface area contributed by atoms with Crippen LogP contribution in [0.4, 0.5) is 13.2 Å². The number of hydrogen-bond donors (Lipinski definition) is 2. The number of nitrogens with one attached hydrogen (secondary N) is 2. The first-order chi connectivity index (χ1) is 8.78. The maximum absolute atomic E-state index is 11.9. The van der Waals surface area contributed by atoms with Crippen LogP contribution in [0.3, 0.4) is 0 Å². The van der Waals surface area contributed by atoms with Crippen LogP contribution in [0.1, 0.15) is 19.8 Å². The second-order valence-electron chi connectivity index (χ2n) is 4.57. The minimum atomic E-state index is -4.31. The van der Waals surface area contributed by atoms with Crippen molar-refractivity contribution in [2.45, 2.75) is 32.0 Å². The molecule has 1 saturated heterocycles. The summed E-state index contributed by atoms with van der Waals surface area (Å²) in [5, 5.41) is 4.84. The predicted octanol–water partition coefficient (Wildman–Crippen LogP) is 0.265. The van der Waals surface area contributed by atoms with Gasteiger partial charge in [-0.2, -0.15) is 13.2 Å². The van der Waals surface area contributed by atoms with Gasteiger partial charge in [0.2, 0.25) is 11.8 Å². The molecule has 0 unspecified atom stereocenters. The highest BCUT2D eigenvalue weighted by atomic mass is 19.4. The molecule has 1 aliphatic rings. The lowest BCUT2D eigenvalue weighted by molar-refractivity contribution is -0.135. The van der Waals surface area contributed by atoms with Crippen molar-refractivity contribution in [2.24, 2.45) is 0 Å². The molecule has 5 nitrogen and oxygen atoms in total. The molecule has 0 aromatic carbocycles. The van der Waals surface area contributed by atoms with E-state index < -0.39 is 12.7 Å². The normalized spacial score (nSPS) is 17.4. The van der Waals surface area contributed by atoms with E-state index in [2.05, 4.69) is 10.6 Å². The van der Waals surface area contributed by atoms with Crippen molar-refractivity contribution in [1.29, 1.82) is 0 Å². The van der Waals surface area contributed by atoms with Gasteiger partial charge in [0.15, 0.2) is 0 Å². The first-order valence-electron chi connectivity index (χ1n) is 6.10. The molecule has 0 bridgehead atoms. The summed E-state index contributed by atoms with van der Waals surface area (Å²) in [6.07, 6.45) is -3.05. The van der Waals surface area contributed by atoms with Crippen molar-refractivity contribution in [3.05, 3.63) is 0 Å². The molecule has 2 N–H and O–H groups in total. The summed E-state index contributed by atoms with van der Waals surface area (Å²) >= 11 is 0. The van der Waals surface area contributed by atoms with Gasteiger partial charge in [0.25, 0.3) is 0 Å². The lowest BCUT2D eigenvalue weighted by Gasteiger charge is -2.32. The molecule has 1 fully saturated rings. The van der Waals surface area contributed by atoms with Gasteiger partial charge in [0.05, 0.1) is 13.1 Å². The maximum Gasteiger partial charge on any atom is 0.401 e. The quantitative estimate of drug-likeness (QED) is 0.777. The van der Waals surface area contributed by atoms with Crippen molar-refractivity contribution < 1.29 is 22.8 Å². The molecule has 1 heterocycles. The van der Waals surface area contributed by atoms with E-state index in [9.17, 15) is 22.8 Å². The van der Waals surface area contributed by atoms with Crippen LogP contribution in [0.15, 0.2) is 0 Å². The fraction of sp³-hybridized carbons (Fsp3) is 0.818. The minimum absolute atomic E-state index is 0.0460. The van der Waals surface area contributed by atoms with E-state index in [4.69, 9.17) is 0 Å². The predicted molar refractivity (Wildman–Crippen MR) is 62.3 cm³/mol. The molecule has 0 aliphatic carbocycles. The molecule has 0 saturated carbocycles. The molecule has 0 aromatic rings. The summed E-state index contributed by atoms with van der Waals surface area (Å²) in [7, 11) is 0. The van der Waals surface area contributed by atoms with Crippen LogP contribution < -0.4 is 10.6 Å². The summed E-state index contributed by atoms with van der Waals surface area (Å²) < 4.78 is 35.7. The first-order valence-corrected chi connectivity index (χ1v) is 6.10. The molecule has 110 valence electrons. The van der Waals surface area contributed by atoms with Gasteiger partial charge >= 0.3 is 6.18 Å². The lowest BCUT2D eigenvalue weighted by atomic mass is 10.1. The van der Waals surface area contributed by atoms with Gasteiger partial charge in [-0.1, -0.05) is 0 Å².